The van der Waals surface area contributed by atoms with E-state index in [-0.39, 0.29) is 62.0 Å². The zero-order valence-electron chi connectivity index (χ0n) is 58.1. The number of hydrogen-bond acceptors (Lipinski definition) is 17. The summed E-state index contributed by atoms with van der Waals surface area (Å²) in [7, 11) is 4.82. The van der Waals surface area contributed by atoms with Crippen LogP contribution < -0.4 is 41.4 Å². The zero-order chi connectivity index (χ0) is 70.6. The number of ether oxygens (including phenoxy) is 8. The van der Waals surface area contributed by atoms with Crippen LogP contribution in [0.1, 0.15) is 118 Å². The third-order valence-electron chi connectivity index (χ3n) is 19.9. The van der Waals surface area contributed by atoms with Crippen molar-refractivity contribution in [3.63, 3.8) is 0 Å². The molecule has 99 heavy (non-hydrogen) atoms. The summed E-state index contributed by atoms with van der Waals surface area (Å²) in [4.78, 5) is 55.8. The molecular formula is C77H89N6O15P. The van der Waals surface area contributed by atoms with Gasteiger partial charge in [0.1, 0.15) is 64.0 Å². The van der Waals surface area contributed by atoms with Gasteiger partial charge >= 0.3 is 11.4 Å². The molecule has 4 fully saturated rings. The summed E-state index contributed by atoms with van der Waals surface area (Å²) in [5.41, 5.74) is -0.417. The first-order chi connectivity index (χ1) is 47.6. The van der Waals surface area contributed by atoms with E-state index in [1.165, 1.54) is 15.3 Å². The first-order valence-corrected chi connectivity index (χ1v) is 34.6. The second-order valence-electron chi connectivity index (χ2n) is 26.7. The second kappa shape index (κ2) is 30.1. The van der Waals surface area contributed by atoms with Crippen molar-refractivity contribution in [2.45, 2.75) is 134 Å². The number of methoxy groups -OCH3 is 4. The van der Waals surface area contributed by atoms with E-state index >= 15 is 0 Å². The predicted octanol–water partition coefficient (Wildman–Crippen LogP) is 11.6. The summed E-state index contributed by atoms with van der Waals surface area (Å²) >= 11 is 0. The third kappa shape index (κ3) is 13.8. The van der Waals surface area contributed by atoms with Crippen molar-refractivity contribution >= 4 is 8.53 Å². The molecule has 522 valence electrons. The monoisotopic (exact) mass is 1370 g/mol. The van der Waals surface area contributed by atoms with Gasteiger partial charge in [-0.2, -0.15) is 5.26 Å². The highest BCUT2D eigenvalue weighted by Gasteiger charge is 2.67. The number of fused-ring (bicyclic) bond motifs is 4. The van der Waals surface area contributed by atoms with Gasteiger partial charge in [-0.15, -0.1) is 0 Å². The highest BCUT2D eigenvalue weighted by molar-refractivity contribution is 7.44. The van der Waals surface area contributed by atoms with Crippen LogP contribution in [0, 0.1) is 48.9 Å². The van der Waals surface area contributed by atoms with Gasteiger partial charge < -0.3 is 52.0 Å². The first kappa shape index (κ1) is 71.8. The molecule has 11 atom stereocenters. The van der Waals surface area contributed by atoms with Crippen LogP contribution in [-0.4, -0.2) is 113 Å². The highest BCUT2D eigenvalue weighted by atomic mass is 31.2. The number of aliphatic hydroxyl groups excluding tert-OH is 1. The van der Waals surface area contributed by atoms with E-state index in [2.05, 4.69) is 55.3 Å². The Morgan fingerprint density at radius 2 is 0.919 bits per heavy atom. The van der Waals surface area contributed by atoms with E-state index in [9.17, 15) is 29.5 Å². The Morgan fingerprint density at radius 3 is 1.30 bits per heavy atom. The second-order valence-corrected chi connectivity index (χ2v) is 28.1. The predicted molar refractivity (Wildman–Crippen MR) is 375 cm³/mol. The number of aromatic nitrogens is 4. The minimum absolute atomic E-state index is 0.0112. The summed E-state index contributed by atoms with van der Waals surface area (Å²) in [6.07, 6.45) is 1.36. The largest absolute Gasteiger partial charge is 0.497 e. The smallest absolute Gasteiger partial charge is 0.330 e. The van der Waals surface area contributed by atoms with Crippen LogP contribution in [0.4, 0.5) is 0 Å². The zero-order valence-corrected chi connectivity index (χ0v) is 59.0. The van der Waals surface area contributed by atoms with Crippen molar-refractivity contribution < 1.29 is 52.0 Å². The van der Waals surface area contributed by atoms with Crippen LogP contribution in [0.15, 0.2) is 189 Å². The summed E-state index contributed by atoms with van der Waals surface area (Å²) in [5, 5.41) is 21.1. The standard InChI is InChI=1S/C43H53N4O8P.C34H36N2O7/c1-28(2)47(29(3)4)56(53-24-12-23-44)55-38-37-30(5)25-42(38,54-40(37)46-26-31(6)39(48)45-41(46)49)27-52-43(32-13-10-9-11-14-32,33-15-19-35(50-7)20-16-33)34-17-21-36(51-8)22-18-34;1-21-18-33(29(37)28(21)31(43-33)36-19-22(2)30(38)35-32(36)39)20-42-34(23-8-6-5-7-9-23,24-10-14-26(40-3)15-11-24)25-12-16-27(41-4)17-13-25/h9-11,13-22,26,28-30,37-38,40H,12,24-25,27H2,1-8H3,(H,45,48,49);5-17,19,21,28-29,31,37H,18,20H2,1-4H3,(H,35,38,39)/t30?,37?,38-,40-,42-,56?;21?,28?,29-,31-,33-/m11/s1. The normalized spacial score (nSPS) is 23.4. The molecule has 0 radical (unpaired) electrons. The lowest BCUT2D eigenvalue weighted by atomic mass is 9.79. The van der Waals surface area contributed by atoms with E-state index in [1.807, 2.05) is 165 Å². The average Bonchev–Trinajstić information content (AvgIpc) is 1.56. The minimum atomic E-state index is -1.70. The lowest BCUT2D eigenvalue weighted by molar-refractivity contribution is -0.175. The molecule has 2 aliphatic carbocycles. The maximum absolute atomic E-state index is 13.5. The number of hydrogen-bond donors (Lipinski definition) is 3. The molecule has 6 aromatic carbocycles. The molecule has 4 bridgehead atoms. The maximum atomic E-state index is 13.5. The van der Waals surface area contributed by atoms with Crippen molar-refractivity contribution in [1.29, 1.82) is 5.26 Å². The number of H-pyrrole nitrogens is 2. The average molecular weight is 1370 g/mol. The Balaban J connectivity index is 0.000000207. The Morgan fingerprint density at radius 1 is 0.566 bits per heavy atom. The lowest BCUT2D eigenvalue weighted by Gasteiger charge is -2.42. The summed E-state index contributed by atoms with van der Waals surface area (Å²) < 4.78 is 69.1. The summed E-state index contributed by atoms with van der Waals surface area (Å²) in [6.45, 7) is 16.2. The fourth-order valence-corrected chi connectivity index (χ4v) is 17.0. The van der Waals surface area contributed by atoms with Gasteiger partial charge in [-0.05, 0) is 148 Å². The molecular weight excluding hydrogens is 1280 g/mol. The van der Waals surface area contributed by atoms with E-state index in [4.69, 9.17) is 46.9 Å². The van der Waals surface area contributed by atoms with Crippen molar-refractivity contribution in [3.05, 3.63) is 256 Å². The number of nitrogens with zero attached hydrogens (tertiary/aromatic N) is 4. The minimum Gasteiger partial charge on any atom is -0.497 e. The van der Waals surface area contributed by atoms with Gasteiger partial charge in [0.05, 0.1) is 66.9 Å². The van der Waals surface area contributed by atoms with Gasteiger partial charge in [0, 0.05) is 47.4 Å². The Bertz CT molecular complexity index is 4230. The van der Waals surface area contributed by atoms with Crippen LogP contribution in [0.3, 0.4) is 0 Å². The molecule has 8 aromatic rings. The number of aliphatic hydroxyl groups is 1. The lowest BCUT2D eigenvalue weighted by Crippen LogP contribution is -2.47. The van der Waals surface area contributed by atoms with E-state index in [0.717, 1.165) is 33.4 Å². The molecule has 0 spiro atoms. The Hall–Kier alpha value is -8.52. The SMILES string of the molecule is COc1ccc(C(OC[C@@]23CC(C)C([C@H](n4cc(C)c(=O)[nH]c4=O)O2)[C@H]3O)(c2ccccc2)c2ccc(OC)cc2)cc1.COc1ccc(C(OC[C@@]23CC(C)C([C@H](n4cc(C)c(=O)[nH]c4=O)O2)[C@H]3OP(OCCC#N)N(C(C)C)C(C)C)(c2ccccc2)c2ccc(OC)cc2)cc1. The molecule has 2 saturated heterocycles. The number of aryl methyl sites for hydroxylation is 2. The van der Waals surface area contributed by atoms with Gasteiger partial charge in [0.25, 0.3) is 19.6 Å². The van der Waals surface area contributed by atoms with Crippen molar-refractivity contribution in [2.75, 3.05) is 48.3 Å². The van der Waals surface area contributed by atoms with Gasteiger partial charge in [-0.25, -0.2) is 14.3 Å². The fourth-order valence-electron chi connectivity index (χ4n) is 15.2. The molecule has 12 rings (SSSR count). The van der Waals surface area contributed by atoms with Crippen molar-refractivity contribution in [3.8, 4) is 29.1 Å². The van der Waals surface area contributed by atoms with Gasteiger partial charge in [0.2, 0.25) is 0 Å². The molecule has 22 heteroatoms. The molecule has 21 nitrogen and oxygen atoms in total. The van der Waals surface area contributed by atoms with Crippen LogP contribution >= 0.6 is 8.53 Å². The van der Waals surface area contributed by atoms with E-state index < -0.39 is 78.1 Å². The molecule has 2 saturated carbocycles. The van der Waals surface area contributed by atoms with Gasteiger partial charge in [-0.1, -0.05) is 123 Å². The maximum Gasteiger partial charge on any atom is 0.330 e. The quantitative estimate of drug-likeness (QED) is 0.0259. The van der Waals surface area contributed by atoms with Crippen LogP contribution in [0.5, 0.6) is 23.0 Å². The van der Waals surface area contributed by atoms with Gasteiger partial charge in [0.15, 0.2) is 0 Å². The number of rotatable bonds is 26. The Labute approximate surface area is 578 Å². The molecule has 4 heterocycles. The molecule has 3 N–H and O–H groups in total. The molecule has 4 aliphatic rings. The van der Waals surface area contributed by atoms with Gasteiger partial charge in [-0.3, -0.25) is 28.7 Å². The molecule has 5 unspecified atom stereocenters. The summed E-state index contributed by atoms with van der Waals surface area (Å²) in [5.74, 6) is 2.20. The number of benzene rings is 6. The number of nitrogens with one attached hydrogen (secondary N) is 2. The first-order valence-electron chi connectivity index (χ1n) is 33.5. The van der Waals surface area contributed by atoms with E-state index in [1.54, 1.807) is 48.5 Å². The summed E-state index contributed by atoms with van der Waals surface area (Å²) in [6, 6.07) is 53.5. The Kier molecular flexibility index (Phi) is 21.8. The fraction of sp³-hybridized carbons (Fsp3) is 0.416. The number of nitriles is 1. The molecule has 0 amide bonds. The van der Waals surface area contributed by atoms with Crippen LogP contribution in [-0.2, 0) is 39.2 Å². The van der Waals surface area contributed by atoms with Crippen molar-refractivity contribution in [2.24, 2.45) is 23.7 Å². The number of aromatic amines is 2. The van der Waals surface area contributed by atoms with Crippen molar-refractivity contribution in [1.82, 2.24) is 23.8 Å². The molecule has 2 aliphatic heterocycles. The van der Waals surface area contributed by atoms with E-state index in [0.29, 0.717) is 47.0 Å². The topological polar surface area (TPSA) is 249 Å². The third-order valence-corrected chi connectivity index (χ3v) is 22.0. The highest BCUT2D eigenvalue weighted by Crippen LogP contribution is 2.63. The molecule has 2 aromatic heterocycles. The van der Waals surface area contributed by atoms with Crippen LogP contribution in [0.25, 0.3) is 0 Å². The van der Waals surface area contributed by atoms with Crippen LogP contribution in [0.2, 0.25) is 0 Å².